The Hall–Kier alpha value is -3.15. The summed E-state index contributed by atoms with van der Waals surface area (Å²) in [5.41, 5.74) is 1.41. The van der Waals surface area contributed by atoms with Gasteiger partial charge in [0, 0.05) is 24.0 Å². The van der Waals surface area contributed by atoms with Crippen molar-refractivity contribution >= 4 is 18.0 Å². The number of nitrogens with zero attached hydrogens (tertiary/aromatic N) is 1. The van der Waals surface area contributed by atoms with E-state index in [0.29, 0.717) is 13.2 Å². The van der Waals surface area contributed by atoms with E-state index >= 15 is 0 Å². The Kier molecular flexibility index (Phi) is 7.60. The van der Waals surface area contributed by atoms with E-state index in [1.807, 2.05) is 36.4 Å². The van der Waals surface area contributed by atoms with Gasteiger partial charge in [-0.15, -0.1) is 0 Å². The summed E-state index contributed by atoms with van der Waals surface area (Å²) >= 11 is 0. The second kappa shape index (κ2) is 10.6. The van der Waals surface area contributed by atoms with Crippen LogP contribution >= 0.6 is 0 Å². The van der Waals surface area contributed by atoms with Crippen molar-refractivity contribution in [3.63, 3.8) is 0 Å². The molecule has 6 heteroatoms. The van der Waals surface area contributed by atoms with Gasteiger partial charge in [0.05, 0.1) is 18.6 Å². The Morgan fingerprint density at radius 2 is 1.93 bits per heavy atom. The summed E-state index contributed by atoms with van der Waals surface area (Å²) in [6.45, 7) is 2.59. The first-order valence-corrected chi connectivity index (χ1v) is 10.4. The number of hydrogen-bond acceptors (Lipinski definition) is 5. The molecule has 6 nitrogen and oxygen atoms in total. The van der Waals surface area contributed by atoms with Crippen molar-refractivity contribution in [2.45, 2.75) is 51.2 Å². The quantitative estimate of drug-likeness (QED) is 0.500. The number of benzene rings is 1. The van der Waals surface area contributed by atoms with Crippen LogP contribution in [0.2, 0.25) is 0 Å². The Morgan fingerprint density at radius 3 is 2.60 bits per heavy atom. The zero-order valence-electron chi connectivity index (χ0n) is 17.3. The molecule has 1 aromatic heterocycles. The van der Waals surface area contributed by atoms with Gasteiger partial charge in [0.2, 0.25) is 5.91 Å². The molecule has 1 heterocycles. The summed E-state index contributed by atoms with van der Waals surface area (Å²) in [5, 5.41) is 3.04. The van der Waals surface area contributed by atoms with Crippen molar-refractivity contribution in [1.82, 2.24) is 10.3 Å². The van der Waals surface area contributed by atoms with Gasteiger partial charge in [-0.2, -0.15) is 0 Å². The molecule has 0 radical (unpaired) electrons. The lowest BCUT2D eigenvalue weighted by Crippen LogP contribution is -2.47. The number of hydrogen-bond donors (Lipinski definition) is 1. The molecule has 1 aliphatic carbocycles. The SMILES string of the molecule is CCOC(=O)CC1(NC(=O)/C=C/c2ccc(OCc3cccnc3)cc2)CCCC1. The molecule has 1 aliphatic rings. The zero-order valence-corrected chi connectivity index (χ0v) is 17.3. The van der Waals surface area contributed by atoms with Gasteiger partial charge in [-0.3, -0.25) is 14.6 Å². The maximum Gasteiger partial charge on any atom is 0.308 e. The van der Waals surface area contributed by atoms with E-state index in [2.05, 4.69) is 10.3 Å². The van der Waals surface area contributed by atoms with Crippen LogP contribution in [0.25, 0.3) is 6.08 Å². The molecule has 1 amide bonds. The van der Waals surface area contributed by atoms with Gasteiger partial charge in [-0.25, -0.2) is 0 Å². The number of carbonyl (C=O) groups excluding carboxylic acids is 2. The lowest BCUT2D eigenvalue weighted by atomic mass is 9.93. The molecule has 0 bridgehead atoms. The number of rotatable bonds is 9. The third-order valence-corrected chi connectivity index (χ3v) is 5.17. The predicted octanol–water partition coefficient (Wildman–Crippen LogP) is 4.06. The zero-order chi connectivity index (χ0) is 21.2. The first-order valence-electron chi connectivity index (χ1n) is 10.4. The Morgan fingerprint density at radius 1 is 1.17 bits per heavy atom. The van der Waals surface area contributed by atoms with E-state index in [9.17, 15) is 9.59 Å². The second-order valence-corrected chi connectivity index (χ2v) is 7.51. The lowest BCUT2D eigenvalue weighted by Gasteiger charge is -2.28. The Bertz CT molecular complexity index is 857. The van der Waals surface area contributed by atoms with Gasteiger partial charge >= 0.3 is 5.97 Å². The van der Waals surface area contributed by atoms with Crippen molar-refractivity contribution < 1.29 is 19.1 Å². The number of nitrogens with one attached hydrogen (secondary N) is 1. The van der Waals surface area contributed by atoms with Gasteiger partial charge in [0.1, 0.15) is 12.4 Å². The summed E-state index contributed by atoms with van der Waals surface area (Å²) in [7, 11) is 0. The fourth-order valence-corrected chi connectivity index (χ4v) is 3.69. The second-order valence-electron chi connectivity index (χ2n) is 7.51. The highest BCUT2D eigenvalue weighted by Gasteiger charge is 2.37. The molecule has 0 aliphatic heterocycles. The summed E-state index contributed by atoms with van der Waals surface area (Å²) in [6, 6.07) is 11.4. The minimum absolute atomic E-state index is 0.196. The van der Waals surface area contributed by atoms with Crippen molar-refractivity contribution in [3.05, 3.63) is 66.0 Å². The molecule has 2 aromatic rings. The molecule has 0 spiro atoms. The first-order chi connectivity index (χ1) is 14.6. The summed E-state index contributed by atoms with van der Waals surface area (Å²) in [5.74, 6) is 0.295. The molecule has 0 saturated heterocycles. The van der Waals surface area contributed by atoms with Crippen LogP contribution in [0.4, 0.5) is 0 Å². The van der Waals surface area contributed by atoms with Gasteiger partial charge in [-0.1, -0.05) is 31.0 Å². The molecule has 0 unspecified atom stereocenters. The molecule has 1 saturated carbocycles. The number of pyridine rings is 1. The topological polar surface area (TPSA) is 77.5 Å². The number of amides is 1. The van der Waals surface area contributed by atoms with Crippen LogP contribution in [0.5, 0.6) is 5.75 Å². The highest BCUT2D eigenvalue weighted by atomic mass is 16.5. The fraction of sp³-hybridized carbons (Fsp3) is 0.375. The standard InChI is InChI=1S/C24H28N2O4/c1-2-29-23(28)16-24(13-3-4-14-24)26-22(27)12-9-19-7-10-21(11-8-19)30-18-20-6-5-15-25-17-20/h5-12,15,17H,2-4,13-14,16,18H2,1H3,(H,26,27)/b12-9+. The summed E-state index contributed by atoms with van der Waals surface area (Å²) < 4.78 is 10.8. The van der Waals surface area contributed by atoms with Crippen molar-refractivity contribution in [1.29, 1.82) is 0 Å². The van der Waals surface area contributed by atoms with Gasteiger partial charge in [-0.05, 0) is 49.6 Å². The van der Waals surface area contributed by atoms with Crippen LogP contribution in [-0.4, -0.2) is 29.0 Å². The monoisotopic (exact) mass is 408 g/mol. The maximum atomic E-state index is 12.5. The number of ether oxygens (including phenoxy) is 2. The third-order valence-electron chi connectivity index (χ3n) is 5.17. The number of carbonyl (C=O) groups is 2. The Labute approximate surface area is 177 Å². The van der Waals surface area contributed by atoms with Gasteiger partial charge in [0.15, 0.2) is 0 Å². The Balaban J connectivity index is 1.53. The van der Waals surface area contributed by atoms with Crippen LogP contribution in [0, 0.1) is 0 Å². The van der Waals surface area contributed by atoms with E-state index in [0.717, 1.165) is 42.6 Å². The molecule has 30 heavy (non-hydrogen) atoms. The number of aromatic nitrogens is 1. The minimum atomic E-state index is -0.488. The average molecular weight is 408 g/mol. The average Bonchev–Trinajstić information content (AvgIpc) is 3.20. The van der Waals surface area contributed by atoms with Crippen LogP contribution < -0.4 is 10.1 Å². The molecular weight excluding hydrogens is 380 g/mol. The van der Waals surface area contributed by atoms with Crippen LogP contribution in [0.3, 0.4) is 0 Å². The van der Waals surface area contributed by atoms with E-state index in [-0.39, 0.29) is 18.3 Å². The smallest absolute Gasteiger partial charge is 0.308 e. The first kappa shape index (κ1) is 21.6. The van der Waals surface area contributed by atoms with Crippen LogP contribution in [-0.2, 0) is 20.9 Å². The van der Waals surface area contributed by atoms with Crippen LogP contribution in [0.1, 0.15) is 50.2 Å². The van der Waals surface area contributed by atoms with Crippen molar-refractivity contribution in [3.8, 4) is 5.75 Å². The lowest BCUT2D eigenvalue weighted by molar-refractivity contribution is -0.145. The molecule has 0 atom stereocenters. The van der Waals surface area contributed by atoms with E-state index in [4.69, 9.17) is 9.47 Å². The molecule has 1 fully saturated rings. The number of esters is 1. The normalized spacial score (nSPS) is 15.1. The van der Waals surface area contributed by atoms with Crippen molar-refractivity contribution in [2.75, 3.05) is 6.61 Å². The largest absolute Gasteiger partial charge is 0.489 e. The molecule has 1 N–H and O–H groups in total. The molecule has 3 rings (SSSR count). The molecule has 158 valence electrons. The molecule has 1 aromatic carbocycles. The fourth-order valence-electron chi connectivity index (χ4n) is 3.69. The van der Waals surface area contributed by atoms with Gasteiger partial charge in [0.25, 0.3) is 0 Å². The summed E-state index contributed by atoms with van der Waals surface area (Å²) in [6.07, 6.45) is 10.6. The highest BCUT2D eigenvalue weighted by molar-refractivity contribution is 5.92. The molecular formula is C24H28N2O4. The van der Waals surface area contributed by atoms with Crippen LogP contribution in [0.15, 0.2) is 54.9 Å². The van der Waals surface area contributed by atoms with E-state index in [1.54, 1.807) is 25.4 Å². The predicted molar refractivity (Wildman–Crippen MR) is 115 cm³/mol. The maximum absolute atomic E-state index is 12.5. The van der Waals surface area contributed by atoms with E-state index < -0.39 is 5.54 Å². The summed E-state index contributed by atoms with van der Waals surface area (Å²) in [4.78, 5) is 28.5. The highest BCUT2D eigenvalue weighted by Crippen LogP contribution is 2.33. The van der Waals surface area contributed by atoms with Crippen molar-refractivity contribution in [2.24, 2.45) is 0 Å². The minimum Gasteiger partial charge on any atom is -0.489 e. The van der Waals surface area contributed by atoms with E-state index in [1.165, 1.54) is 6.08 Å². The van der Waals surface area contributed by atoms with Gasteiger partial charge < -0.3 is 14.8 Å². The third kappa shape index (κ3) is 6.44.